The summed E-state index contributed by atoms with van der Waals surface area (Å²) in [6.45, 7) is 2.79. The molecule has 21 heavy (non-hydrogen) atoms. The Kier molecular flexibility index (Phi) is 8.11. The molecule has 1 aromatic rings. The maximum absolute atomic E-state index is 8.96. The van der Waals surface area contributed by atoms with Gasteiger partial charge in [-0.1, -0.05) is 21.1 Å². The molecule has 0 saturated heterocycles. The van der Waals surface area contributed by atoms with Crippen LogP contribution in [0, 0.1) is 0 Å². The van der Waals surface area contributed by atoms with Crippen molar-refractivity contribution in [2.45, 2.75) is 6.42 Å². The molecule has 0 amide bonds. The molecule has 3 N–H and O–H groups in total. The maximum Gasteiger partial charge on any atom is 0.172 e. The number of nitrogens with two attached hydrogens (primary N) is 1. The van der Waals surface area contributed by atoms with Gasteiger partial charge in [-0.05, 0) is 24.6 Å². The monoisotopic (exact) mass is 359 g/mol. The lowest BCUT2D eigenvalue weighted by Crippen LogP contribution is -2.31. The van der Waals surface area contributed by atoms with Gasteiger partial charge in [0.1, 0.15) is 0 Å². The van der Waals surface area contributed by atoms with Crippen molar-refractivity contribution in [2.24, 2.45) is 10.9 Å². The minimum absolute atomic E-state index is 0.0838. The largest absolute Gasteiger partial charge is 0.409 e. The van der Waals surface area contributed by atoms with Crippen LogP contribution in [0.3, 0.4) is 0 Å². The highest BCUT2D eigenvalue weighted by Crippen LogP contribution is 2.25. The van der Waals surface area contributed by atoms with Crippen LogP contribution in [0.15, 0.2) is 27.8 Å². The van der Waals surface area contributed by atoms with Crippen molar-refractivity contribution >= 4 is 27.5 Å². The Morgan fingerprint density at radius 1 is 1.29 bits per heavy atom. The van der Waals surface area contributed by atoms with Gasteiger partial charge in [-0.25, -0.2) is 0 Å². The molecule has 1 aromatic carbocycles. The van der Waals surface area contributed by atoms with Crippen molar-refractivity contribution in [3.63, 3.8) is 0 Å². The molecule has 7 heteroatoms. The van der Waals surface area contributed by atoms with Crippen molar-refractivity contribution in [3.05, 3.63) is 28.2 Å². The number of hydrogen-bond acceptors (Lipinski definition) is 5. The molecule has 0 aliphatic heterocycles. The molecule has 6 nitrogen and oxygen atoms in total. The third-order valence-corrected chi connectivity index (χ3v) is 3.52. The number of nitrogens with zero attached hydrogens (tertiary/aromatic N) is 2. The molecule has 0 bridgehead atoms. The van der Waals surface area contributed by atoms with Gasteiger partial charge in [-0.2, -0.15) is 0 Å². The summed E-state index contributed by atoms with van der Waals surface area (Å²) in [6, 6.07) is 5.71. The molecule has 0 aliphatic carbocycles. The molecule has 0 atom stereocenters. The van der Waals surface area contributed by atoms with Crippen molar-refractivity contribution in [1.82, 2.24) is 0 Å². The van der Waals surface area contributed by atoms with Crippen LogP contribution < -0.4 is 10.6 Å². The van der Waals surface area contributed by atoms with Gasteiger partial charge >= 0.3 is 0 Å². The number of hydrogen-bond donors (Lipinski definition) is 2. The summed E-state index contributed by atoms with van der Waals surface area (Å²) in [7, 11) is 3.35. The molecule has 0 spiro atoms. The normalized spacial score (nSPS) is 11.7. The summed E-state index contributed by atoms with van der Waals surface area (Å²) in [6.07, 6.45) is 0.881. The molecule has 0 heterocycles. The fourth-order valence-electron chi connectivity index (χ4n) is 2.00. The minimum Gasteiger partial charge on any atom is -0.409 e. The average Bonchev–Trinajstić information content (AvgIpc) is 2.50. The number of ether oxygens (including phenoxy) is 2. The highest BCUT2D eigenvalue weighted by molar-refractivity contribution is 9.10. The van der Waals surface area contributed by atoms with E-state index in [0.717, 1.165) is 23.1 Å². The lowest BCUT2D eigenvalue weighted by Gasteiger charge is -2.26. The van der Waals surface area contributed by atoms with Crippen LogP contribution in [0.1, 0.15) is 12.0 Å². The third-order valence-electron chi connectivity index (χ3n) is 3.02. The van der Waals surface area contributed by atoms with E-state index >= 15 is 0 Å². The second-order valence-corrected chi connectivity index (χ2v) is 5.39. The highest BCUT2D eigenvalue weighted by Gasteiger charge is 2.14. The smallest absolute Gasteiger partial charge is 0.172 e. The van der Waals surface area contributed by atoms with Gasteiger partial charge in [-0.3, -0.25) is 0 Å². The third kappa shape index (κ3) is 5.53. The number of methoxy groups -OCH3 is 2. The number of benzene rings is 1. The first-order valence-corrected chi connectivity index (χ1v) is 7.43. The predicted molar refractivity (Wildman–Crippen MR) is 87.2 cm³/mol. The molecule has 0 fully saturated rings. The zero-order chi connectivity index (χ0) is 15.7. The summed E-state index contributed by atoms with van der Waals surface area (Å²) in [5, 5.41) is 12.1. The van der Waals surface area contributed by atoms with Gasteiger partial charge in [0.2, 0.25) is 0 Å². The Balaban J connectivity index is 3.04. The fraction of sp³-hybridized carbons (Fsp3) is 0.500. The van der Waals surface area contributed by atoms with Crippen molar-refractivity contribution in [2.75, 3.05) is 45.4 Å². The Morgan fingerprint density at radius 3 is 2.62 bits per heavy atom. The van der Waals surface area contributed by atoms with Gasteiger partial charge in [0.05, 0.1) is 6.61 Å². The molecule has 118 valence electrons. The summed E-state index contributed by atoms with van der Waals surface area (Å²) < 4.78 is 11.1. The van der Waals surface area contributed by atoms with E-state index in [1.807, 2.05) is 18.2 Å². The zero-order valence-electron chi connectivity index (χ0n) is 12.4. The second kappa shape index (κ2) is 9.59. The lowest BCUT2D eigenvalue weighted by molar-refractivity contribution is 0.191. The number of amidine groups is 1. The first-order chi connectivity index (χ1) is 10.1. The van der Waals surface area contributed by atoms with E-state index in [4.69, 9.17) is 20.4 Å². The molecule has 1 rings (SSSR count). The second-order valence-electron chi connectivity index (χ2n) is 4.47. The van der Waals surface area contributed by atoms with Crippen molar-refractivity contribution < 1.29 is 14.7 Å². The minimum atomic E-state index is 0.0838. The van der Waals surface area contributed by atoms with Crippen LogP contribution in [-0.4, -0.2) is 51.6 Å². The van der Waals surface area contributed by atoms with Gasteiger partial charge in [-0.15, -0.1) is 0 Å². The molecule has 0 saturated carbocycles. The van der Waals surface area contributed by atoms with Crippen LogP contribution in [0.4, 0.5) is 5.69 Å². The molecule has 0 radical (unpaired) electrons. The van der Waals surface area contributed by atoms with E-state index in [-0.39, 0.29) is 5.84 Å². The van der Waals surface area contributed by atoms with Crippen LogP contribution in [0.25, 0.3) is 0 Å². The van der Waals surface area contributed by atoms with Crippen LogP contribution >= 0.6 is 15.9 Å². The Morgan fingerprint density at radius 2 is 2.00 bits per heavy atom. The van der Waals surface area contributed by atoms with Crippen LogP contribution in [0.2, 0.25) is 0 Å². The summed E-state index contributed by atoms with van der Waals surface area (Å²) in [5.74, 6) is 0.0838. The quantitative estimate of drug-likeness (QED) is 0.232. The van der Waals surface area contributed by atoms with E-state index in [2.05, 4.69) is 26.0 Å². The van der Waals surface area contributed by atoms with Gasteiger partial charge in [0.15, 0.2) is 5.84 Å². The van der Waals surface area contributed by atoms with E-state index in [9.17, 15) is 0 Å². The van der Waals surface area contributed by atoms with Crippen molar-refractivity contribution in [1.29, 1.82) is 0 Å². The van der Waals surface area contributed by atoms with E-state index < -0.39 is 0 Å². The SMILES string of the molecule is COCCCN(CCOC)c1ccc(Br)cc1/C(N)=N/O. The predicted octanol–water partition coefficient (Wildman–Crippen LogP) is 2.03. The van der Waals surface area contributed by atoms with Crippen LogP contribution in [0.5, 0.6) is 0 Å². The first-order valence-electron chi connectivity index (χ1n) is 6.64. The molecular formula is C14H22BrN3O3. The maximum atomic E-state index is 8.96. The Bertz CT molecular complexity index is 469. The standard InChI is InChI=1S/C14H22BrN3O3/c1-20-8-3-6-18(7-9-21-2)13-5-4-11(15)10-12(13)14(16)17-19/h4-5,10,19H,3,6-9H2,1-2H3,(H2,16,17). The molecule has 0 aromatic heterocycles. The first kappa shape index (κ1) is 17.7. The molecule has 0 unspecified atom stereocenters. The van der Waals surface area contributed by atoms with Gasteiger partial charge in [0, 0.05) is 49.6 Å². The number of anilines is 1. The van der Waals surface area contributed by atoms with Gasteiger partial charge in [0.25, 0.3) is 0 Å². The summed E-state index contributed by atoms with van der Waals surface area (Å²) in [5.41, 5.74) is 7.37. The topological polar surface area (TPSA) is 80.3 Å². The average molecular weight is 360 g/mol. The molecule has 0 aliphatic rings. The lowest BCUT2D eigenvalue weighted by atomic mass is 10.1. The zero-order valence-corrected chi connectivity index (χ0v) is 14.0. The number of halogens is 1. The Hall–Kier alpha value is -1.31. The summed E-state index contributed by atoms with van der Waals surface area (Å²) >= 11 is 3.40. The van der Waals surface area contributed by atoms with Crippen LogP contribution in [-0.2, 0) is 9.47 Å². The van der Waals surface area contributed by atoms with Gasteiger partial charge < -0.3 is 25.3 Å². The fourth-order valence-corrected chi connectivity index (χ4v) is 2.36. The van der Waals surface area contributed by atoms with E-state index in [1.165, 1.54) is 0 Å². The highest BCUT2D eigenvalue weighted by atomic mass is 79.9. The Labute approximate surface area is 133 Å². The van der Waals surface area contributed by atoms with E-state index in [0.29, 0.717) is 25.3 Å². The number of rotatable bonds is 9. The molecular weight excluding hydrogens is 338 g/mol. The van der Waals surface area contributed by atoms with E-state index in [1.54, 1.807) is 14.2 Å². The number of oxime groups is 1. The van der Waals surface area contributed by atoms with Crippen molar-refractivity contribution in [3.8, 4) is 0 Å². The summed E-state index contributed by atoms with van der Waals surface area (Å²) in [4.78, 5) is 2.14.